The molecule has 0 aliphatic carbocycles. The Bertz CT molecular complexity index is 85.0. The van der Waals surface area contributed by atoms with Crippen molar-refractivity contribution in [3.05, 3.63) is 7.11 Å². The van der Waals surface area contributed by atoms with E-state index in [0.717, 1.165) is 12.2 Å². The fourth-order valence-electron chi connectivity index (χ4n) is 0.353. The minimum absolute atomic E-state index is 0.252. The van der Waals surface area contributed by atoms with Gasteiger partial charge in [0.2, 0.25) is 0 Å². The maximum absolute atomic E-state index is 10.4. The van der Waals surface area contributed by atoms with Gasteiger partial charge >= 0.3 is 5.97 Å². The molecule has 0 saturated heterocycles. The molecular weight excluding hydrogens is 156 g/mol. The number of hydrogen-bond donors (Lipinski definition) is 1. The van der Waals surface area contributed by atoms with E-state index >= 15 is 0 Å². The smallest absolute Gasteiger partial charge is 0.305 e. The number of carbonyl (C=O) groups is 1. The van der Waals surface area contributed by atoms with Gasteiger partial charge in [-0.1, -0.05) is 10.8 Å². The summed E-state index contributed by atoms with van der Waals surface area (Å²) in [5.41, 5.74) is 0. The Kier molecular flexibility index (Phi) is 6.41. The van der Waals surface area contributed by atoms with Crippen molar-refractivity contribution in [1.82, 2.24) is 0 Å². The molecule has 2 nitrogen and oxygen atoms in total. The second-order valence-electron chi connectivity index (χ2n) is 1.45. The van der Waals surface area contributed by atoms with E-state index in [1.165, 1.54) is 10.8 Å². The van der Waals surface area contributed by atoms with E-state index in [9.17, 15) is 4.79 Å². The van der Waals surface area contributed by atoms with Gasteiger partial charge in [0.15, 0.2) is 0 Å². The molecule has 0 heterocycles. The zero-order chi connectivity index (χ0) is 7.11. The topological polar surface area (TPSA) is 26.3 Å². The summed E-state index contributed by atoms with van der Waals surface area (Å²) >= 11 is 3.90. The molecule has 0 N–H and O–H groups in total. The van der Waals surface area contributed by atoms with Crippen molar-refractivity contribution in [2.45, 2.75) is 12.8 Å². The highest BCUT2D eigenvalue weighted by Gasteiger charge is 1.97. The predicted octanol–water partition coefficient (Wildman–Crippen LogP) is 1.68. The molecule has 0 aromatic heterocycles. The molecule has 1 radical (unpaired) electrons. The number of rotatable bonds is 4. The first-order valence-corrected chi connectivity index (χ1v) is 4.56. The molecule has 0 aromatic carbocycles. The molecule has 0 aliphatic heterocycles. The Morgan fingerprint density at radius 2 is 2.44 bits per heavy atom. The van der Waals surface area contributed by atoms with Crippen LogP contribution in [0, 0.1) is 7.11 Å². The van der Waals surface area contributed by atoms with Gasteiger partial charge in [0.25, 0.3) is 0 Å². The summed E-state index contributed by atoms with van der Waals surface area (Å²) in [6.07, 6.45) is 1.25. The SMILES string of the molecule is [CH2]OC(=O)CCCSS. The number of hydrogen-bond acceptors (Lipinski definition) is 4. The maximum Gasteiger partial charge on any atom is 0.305 e. The van der Waals surface area contributed by atoms with Crippen LogP contribution in [-0.2, 0) is 9.53 Å². The average molecular weight is 165 g/mol. The first-order valence-electron chi connectivity index (χ1n) is 2.52. The van der Waals surface area contributed by atoms with E-state index < -0.39 is 0 Å². The van der Waals surface area contributed by atoms with Crippen LogP contribution in [0.15, 0.2) is 0 Å². The lowest BCUT2D eigenvalue weighted by Crippen LogP contribution is -1.98. The fourth-order valence-corrected chi connectivity index (χ4v) is 1.01. The molecule has 0 atom stereocenters. The normalized spacial score (nSPS) is 9.11. The van der Waals surface area contributed by atoms with Crippen molar-refractivity contribution < 1.29 is 9.53 Å². The van der Waals surface area contributed by atoms with Gasteiger partial charge < -0.3 is 4.74 Å². The van der Waals surface area contributed by atoms with Crippen LogP contribution in [0.1, 0.15) is 12.8 Å². The zero-order valence-corrected chi connectivity index (χ0v) is 6.71. The van der Waals surface area contributed by atoms with Gasteiger partial charge in [0.05, 0.1) is 0 Å². The van der Waals surface area contributed by atoms with Crippen molar-refractivity contribution in [3.63, 3.8) is 0 Å². The van der Waals surface area contributed by atoms with Gasteiger partial charge in [-0.2, -0.15) is 0 Å². The molecule has 0 rings (SSSR count). The first-order chi connectivity index (χ1) is 4.31. The van der Waals surface area contributed by atoms with Crippen LogP contribution in [0.25, 0.3) is 0 Å². The molecule has 0 amide bonds. The summed E-state index contributed by atoms with van der Waals surface area (Å²) < 4.78 is 4.17. The van der Waals surface area contributed by atoms with E-state index in [1.807, 2.05) is 0 Å². The second kappa shape index (κ2) is 6.29. The molecule has 0 unspecified atom stereocenters. The van der Waals surface area contributed by atoms with E-state index in [-0.39, 0.29) is 5.97 Å². The Balaban J connectivity index is 2.97. The molecule has 0 aromatic rings. The van der Waals surface area contributed by atoms with Crippen LogP contribution in [0.4, 0.5) is 0 Å². The first kappa shape index (κ1) is 9.17. The molecular formula is C5H9O2S2. The van der Waals surface area contributed by atoms with Crippen molar-refractivity contribution in [2.24, 2.45) is 0 Å². The molecule has 0 spiro atoms. The van der Waals surface area contributed by atoms with E-state index in [1.54, 1.807) is 0 Å². The highest BCUT2D eigenvalue weighted by Crippen LogP contribution is 2.07. The minimum Gasteiger partial charge on any atom is -0.462 e. The van der Waals surface area contributed by atoms with E-state index in [0.29, 0.717) is 6.42 Å². The molecule has 9 heavy (non-hydrogen) atoms. The van der Waals surface area contributed by atoms with Gasteiger partial charge in [-0.25, -0.2) is 0 Å². The van der Waals surface area contributed by atoms with Gasteiger partial charge in [-0.15, -0.1) is 11.7 Å². The van der Waals surface area contributed by atoms with Gasteiger partial charge in [0.1, 0.15) is 7.11 Å². The van der Waals surface area contributed by atoms with Crippen LogP contribution in [-0.4, -0.2) is 11.7 Å². The molecule has 53 valence electrons. The maximum atomic E-state index is 10.4. The monoisotopic (exact) mass is 165 g/mol. The van der Waals surface area contributed by atoms with Crippen molar-refractivity contribution in [1.29, 1.82) is 0 Å². The van der Waals surface area contributed by atoms with Crippen LogP contribution >= 0.6 is 22.5 Å². The van der Waals surface area contributed by atoms with Gasteiger partial charge in [-0.05, 0) is 6.42 Å². The standard InChI is InChI=1S/C5H9O2S2/c1-7-5(6)3-2-4-9-8/h8H,1-4H2. The Morgan fingerprint density at radius 3 is 2.89 bits per heavy atom. The number of esters is 1. The van der Waals surface area contributed by atoms with Crippen molar-refractivity contribution in [3.8, 4) is 0 Å². The summed E-state index contributed by atoms with van der Waals surface area (Å²) in [4.78, 5) is 10.4. The third-order valence-electron chi connectivity index (χ3n) is 0.778. The Labute approximate surface area is 64.2 Å². The Hall–Kier alpha value is 0.170. The fraction of sp³-hybridized carbons (Fsp3) is 0.600. The van der Waals surface area contributed by atoms with Crippen LogP contribution in [0.3, 0.4) is 0 Å². The lowest BCUT2D eigenvalue weighted by atomic mass is 10.3. The number of thiol groups is 1. The molecule has 4 heteroatoms. The third-order valence-corrected chi connectivity index (χ3v) is 1.80. The lowest BCUT2D eigenvalue weighted by molar-refractivity contribution is -0.138. The predicted molar refractivity (Wildman–Crippen MR) is 42.1 cm³/mol. The molecule has 0 saturated carbocycles. The summed E-state index contributed by atoms with van der Waals surface area (Å²) in [6.45, 7) is 0. The van der Waals surface area contributed by atoms with Crippen molar-refractivity contribution >= 4 is 28.4 Å². The third kappa shape index (κ3) is 6.05. The van der Waals surface area contributed by atoms with Gasteiger partial charge in [0, 0.05) is 12.2 Å². The molecule has 0 aliphatic rings. The zero-order valence-electron chi connectivity index (χ0n) is 5.00. The van der Waals surface area contributed by atoms with E-state index in [2.05, 4.69) is 23.5 Å². The largest absolute Gasteiger partial charge is 0.462 e. The number of carbonyl (C=O) groups excluding carboxylic acids is 1. The summed E-state index contributed by atoms with van der Waals surface area (Å²) in [7, 11) is 4.41. The van der Waals surface area contributed by atoms with Crippen molar-refractivity contribution in [2.75, 3.05) is 5.75 Å². The van der Waals surface area contributed by atoms with E-state index in [4.69, 9.17) is 0 Å². The number of ether oxygens (including phenoxy) is 1. The second-order valence-corrected chi connectivity index (χ2v) is 2.89. The summed E-state index contributed by atoms with van der Waals surface area (Å²) in [5, 5.41) is 0. The lowest BCUT2D eigenvalue weighted by Gasteiger charge is -1.94. The van der Waals surface area contributed by atoms with Gasteiger partial charge in [-0.3, -0.25) is 4.79 Å². The summed E-state index contributed by atoms with van der Waals surface area (Å²) in [6, 6.07) is 0. The average Bonchev–Trinajstić information content (AvgIpc) is 1.89. The summed E-state index contributed by atoms with van der Waals surface area (Å²) in [5.74, 6) is 0.621. The molecule has 0 fully saturated rings. The minimum atomic E-state index is -0.252. The van der Waals surface area contributed by atoms with Crippen LogP contribution in [0.2, 0.25) is 0 Å². The Morgan fingerprint density at radius 1 is 1.78 bits per heavy atom. The molecule has 0 bridgehead atoms. The van der Waals surface area contributed by atoms with Crippen LogP contribution in [0.5, 0.6) is 0 Å². The highest BCUT2D eigenvalue weighted by atomic mass is 33.1. The highest BCUT2D eigenvalue weighted by molar-refractivity contribution is 8.68. The quantitative estimate of drug-likeness (QED) is 0.297. The van der Waals surface area contributed by atoms with Crippen LogP contribution < -0.4 is 0 Å².